The van der Waals surface area contributed by atoms with Crippen molar-refractivity contribution in [3.05, 3.63) is 57.7 Å². The Balaban J connectivity index is 1.75. The number of para-hydroxylation sites is 1. The fraction of sp³-hybridized carbons (Fsp3) is 0.176. The van der Waals surface area contributed by atoms with E-state index in [0.29, 0.717) is 0 Å². The van der Waals surface area contributed by atoms with Crippen LogP contribution in [0.25, 0.3) is 16.3 Å². The first-order valence-electron chi connectivity index (χ1n) is 6.97. The van der Waals surface area contributed by atoms with E-state index in [1.165, 1.54) is 0 Å². The van der Waals surface area contributed by atoms with Crippen LogP contribution in [0.5, 0.6) is 0 Å². The molecule has 0 aliphatic rings. The predicted octanol–water partition coefficient (Wildman–Crippen LogP) is 4.59. The number of fused-ring (bicyclic) bond motifs is 1. The molecule has 1 unspecified atom stereocenters. The monoisotopic (exact) mass is 328 g/mol. The van der Waals surface area contributed by atoms with E-state index in [0.717, 1.165) is 20.8 Å². The van der Waals surface area contributed by atoms with Crippen molar-refractivity contribution >= 4 is 44.9 Å². The average molecular weight is 328 g/mol. The third-order valence-corrected chi connectivity index (χ3v) is 5.47. The maximum absolute atomic E-state index is 12.3. The van der Waals surface area contributed by atoms with Gasteiger partial charge in [-0.05, 0) is 47.5 Å². The Bertz CT molecular complexity index is 772. The van der Waals surface area contributed by atoms with Gasteiger partial charge in [-0.3, -0.25) is 4.79 Å². The Labute approximate surface area is 137 Å². The molecule has 22 heavy (non-hydrogen) atoms. The number of thiazole rings is 1. The van der Waals surface area contributed by atoms with Crippen LogP contribution in [0.2, 0.25) is 0 Å². The molecule has 0 N–H and O–H groups in total. The number of hydrogen-bond donors (Lipinski definition) is 0. The maximum atomic E-state index is 12.3. The van der Waals surface area contributed by atoms with Gasteiger partial charge in [0.2, 0.25) is 5.91 Å². The fourth-order valence-electron chi connectivity index (χ4n) is 2.08. The van der Waals surface area contributed by atoms with Gasteiger partial charge in [-0.15, -0.1) is 11.3 Å². The molecule has 1 amide bonds. The minimum Gasteiger partial charge on any atom is -0.333 e. The van der Waals surface area contributed by atoms with Gasteiger partial charge in [-0.1, -0.05) is 12.1 Å². The molecular weight excluding hydrogens is 312 g/mol. The number of benzene rings is 1. The molecule has 0 aliphatic heterocycles. The van der Waals surface area contributed by atoms with E-state index in [1.807, 2.05) is 55.1 Å². The molecule has 0 spiro atoms. The van der Waals surface area contributed by atoms with Gasteiger partial charge in [0.05, 0.1) is 16.3 Å². The summed E-state index contributed by atoms with van der Waals surface area (Å²) < 4.78 is 1.15. The van der Waals surface area contributed by atoms with E-state index in [9.17, 15) is 4.79 Å². The second-order valence-corrected chi connectivity index (χ2v) is 6.88. The first-order chi connectivity index (χ1) is 10.6. The average Bonchev–Trinajstić information content (AvgIpc) is 3.19. The summed E-state index contributed by atoms with van der Waals surface area (Å²) in [7, 11) is 1.82. The van der Waals surface area contributed by atoms with Gasteiger partial charge in [-0.25, -0.2) is 4.98 Å². The number of nitrogens with zero attached hydrogens (tertiary/aromatic N) is 2. The smallest absolute Gasteiger partial charge is 0.246 e. The lowest BCUT2D eigenvalue weighted by molar-refractivity contribution is -0.126. The van der Waals surface area contributed by atoms with Crippen LogP contribution in [0.4, 0.5) is 0 Å². The summed E-state index contributed by atoms with van der Waals surface area (Å²) in [5.41, 5.74) is 2.04. The molecule has 1 atom stereocenters. The first-order valence-corrected chi connectivity index (χ1v) is 8.73. The van der Waals surface area contributed by atoms with Crippen molar-refractivity contribution in [1.29, 1.82) is 0 Å². The number of hydrogen-bond acceptors (Lipinski definition) is 4. The summed E-state index contributed by atoms with van der Waals surface area (Å²) in [5, 5.41) is 4.97. The molecule has 5 heteroatoms. The molecule has 3 rings (SSSR count). The van der Waals surface area contributed by atoms with E-state index in [2.05, 4.69) is 11.1 Å². The zero-order chi connectivity index (χ0) is 15.5. The molecule has 0 bridgehead atoms. The van der Waals surface area contributed by atoms with E-state index in [1.54, 1.807) is 33.6 Å². The van der Waals surface area contributed by atoms with E-state index >= 15 is 0 Å². The molecular formula is C17H16N2OS2. The van der Waals surface area contributed by atoms with E-state index in [4.69, 9.17) is 0 Å². The molecule has 0 saturated carbocycles. The highest BCUT2D eigenvalue weighted by Gasteiger charge is 2.19. The van der Waals surface area contributed by atoms with Gasteiger partial charge in [0.15, 0.2) is 0 Å². The third-order valence-electron chi connectivity index (χ3n) is 3.56. The van der Waals surface area contributed by atoms with Crippen LogP contribution >= 0.6 is 22.7 Å². The van der Waals surface area contributed by atoms with Crippen molar-refractivity contribution in [2.45, 2.75) is 13.0 Å². The zero-order valence-electron chi connectivity index (χ0n) is 12.4. The molecule has 1 aromatic carbocycles. The van der Waals surface area contributed by atoms with Crippen LogP contribution in [0, 0.1) is 0 Å². The van der Waals surface area contributed by atoms with Crippen molar-refractivity contribution in [3.8, 4) is 0 Å². The molecule has 0 fully saturated rings. The Kier molecular flexibility index (Phi) is 4.36. The zero-order valence-corrected chi connectivity index (χ0v) is 14.0. The third kappa shape index (κ3) is 3.10. The molecule has 3 aromatic rings. The lowest BCUT2D eigenvalue weighted by Gasteiger charge is -2.21. The van der Waals surface area contributed by atoms with Crippen molar-refractivity contribution in [2.24, 2.45) is 0 Å². The highest BCUT2D eigenvalue weighted by Crippen LogP contribution is 2.28. The maximum Gasteiger partial charge on any atom is 0.246 e. The highest BCUT2D eigenvalue weighted by atomic mass is 32.1. The van der Waals surface area contributed by atoms with Crippen LogP contribution in [0.1, 0.15) is 23.5 Å². The number of carbonyl (C=O) groups is 1. The van der Waals surface area contributed by atoms with Gasteiger partial charge in [0.1, 0.15) is 5.01 Å². The lowest BCUT2D eigenvalue weighted by Crippen LogP contribution is -2.27. The van der Waals surface area contributed by atoms with Crippen molar-refractivity contribution in [1.82, 2.24) is 9.88 Å². The summed E-state index contributed by atoms with van der Waals surface area (Å²) in [6.07, 6.45) is 3.46. The van der Waals surface area contributed by atoms with Crippen molar-refractivity contribution < 1.29 is 4.79 Å². The van der Waals surface area contributed by atoms with Crippen LogP contribution in [0.3, 0.4) is 0 Å². The molecule has 112 valence electrons. The fourth-order valence-corrected chi connectivity index (χ4v) is 3.77. The number of rotatable bonds is 4. The number of thiophene rings is 1. The molecule has 3 nitrogen and oxygen atoms in total. The minimum absolute atomic E-state index is 0.0158. The van der Waals surface area contributed by atoms with Gasteiger partial charge in [0, 0.05) is 13.1 Å². The number of carbonyl (C=O) groups excluding carboxylic acids is 1. The number of aromatic nitrogens is 1. The quantitative estimate of drug-likeness (QED) is 0.656. The van der Waals surface area contributed by atoms with Crippen LogP contribution in [-0.4, -0.2) is 22.8 Å². The van der Waals surface area contributed by atoms with Crippen molar-refractivity contribution in [3.63, 3.8) is 0 Å². The van der Waals surface area contributed by atoms with E-state index < -0.39 is 0 Å². The van der Waals surface area contributed by atoms with Crippen LogP contribution in [-0.2, 0) is 4.79 Å². The summed E-state index contributed by atoms with van der Waals surface area (Å²) in [6.45, 7) is 2.01. The van der Waals surface area contributed by atoms with Gasteiger partial charge >= 0.3 is 0 Å². The van der Waals surface area contributed by atoms with Gasteiger partial charge < -0.3 is 4.90 Å². The molecule has 0 aliphatic carbocycles. The Morgan fingerprint density at radius 3 is 2.86 bits per heavy atom. The normalized spacial score (nSPS) is 12.8. The highest BCUT2D eigenvalue weighted by molar-refractivity contribution is 7.18. The van der Waals surface area contributed by atoms with Gasteiger partial charge in [-0.2, -0.15) is 11.3 Å². The summed E-state index contributed by atoms with van der Waals surface area (Å²) in [6, 6.07) is 9.99. The van der Waals surface area contributed by atoms with E-state index in [-0.39, 0.29) is 11.9 Å². The standard InChI is InChI=1S/C17H16N2OS2/c1-12(17-18-14-5-3-4-6-15(14)22-17)19(2)16(20)8-7-13-9-10-21-11-13/h3-12H,1-2H3/b8-7+. The Hall–Kier alpha value is -1.98. The van der Waals surface area contributed by atoms with Crippen LogP contribution < -0.4 is 0 Å². The Morgan fingerprint density at radius 1 is 1.32 bits per heavy atom. The minimum atomic E-state index is -0.0444. The summed E-state index contributed by atoms with van der Waals surface area (Å²) in [5.74, 6) is -0.0158. The molecule has 2 aromatic heterocycles. The predicted molar refractivity (Wildman–Crippen MR) is 94.2 cm³/mol. The topological polar surface area (TPSA) is 33.2 Å². The SMILES string of the molecule is CC(c1nc2ccccc2s1)N(C)C(=O)/C=C/c1ccsc1. The second-order valence-electron chi connectivity index (χ2n) is 5.03. The summed E-state index contributed by atoms with van der Waals surface area (Å²) >= 11 is 3.26. The summed E-state index contributed by atoms with van der Waals surface area (Å²) in [4.78, 5) is 18.6. The second kappa shape index (κ2) is 6.42. The first kappa shape index (κ1) is 14.9. The Morgan fingerprint density at radius 2 is 2.14 bits per heavy atom. The number of amides is 1. The molecule has 0 radical (unpaired) electrons. The number of likely N-dealkylation sites (N-methyl/N-ethyl adjacent to an activating group) is 1. The largest absolute Gasteiger partial charge is 0.333 e. The van der Waals surface area contributed by atoms with Crippen molar-refractivity contribution in [2.75, 3.05) is 7.05 Å². The molecule has 2 heterocycles. The lowest BCUT2D eigenvalue weighted by atomic mass is 10.2. The molecule has 0 saturated heterocycles. The van der Waals surface area contributed by atoms with Crippen LogP contribution in [0.15, 0.2) is 47.2 Å². The van der Waals surface area contributed by atoms with Gasteiger partial charge in [0.25, 0.3) is 0 Å².